The largest absolute Gasteiger partial charge is 0.504 e. The zero-order chi connectivity index (χ0) is 19.4. The number of phenols is 1. The van der Waals surface area contributed by atoms with Gasteiger partial charge in [0, 0.05) is 6.08 Å². The number of methoxy groups -OCH3 is 1. The fourth-order valence-corrected chi connectivity index (χ4v) is 2.10. The molecule has 26 heavy (non-hydrogen) atoms. The second-order valence-electron chi connectivity index (χ2n) is 6.15. The lowest BCUT2D eigenvalue weighted by Gasteiger charge is -2.03. The van der Waals surface area contributed by atoms with Crippen molar-refractivity contribution in [2.45, 2.75) is 33.6 Å². The molecule has 0 bridgehead atoms. The van der Waals surface area contributed by atoms with E-state index in [4.69, 9.17) is 9.47 Å². The second-order valence-corrected chi connectivity index (χ2v) is 6.15. The van der Waals surface area contributed by atoms with Crippen molar-refractivity contribution in [1.82, 2.24) is 0 Å². The van der Waals surface area contributed by atoms with Crippen molar-refractivity contribution in [1.29, 1.82) is 0 Å². The molecule has 0 heterocycles. The maximum absolute atomic E-state index is 11.6. The van der Waals surface area contributed by atoms with Crippen molar-refractivity contribution in [3.63, 3.8) is 0 Å². The van der Waals surface area contributed by atoms with Gasteiger partial charge in [0.2, 0.25) is 0 Å². The molecule has 1 N–H and O–H groups in total. The molecule has 0 aliphatic heterocycles. The number of allylic oxidation sites excluding steroid dienone is 5. The Morgan fingerprint density at radius 1 is 1.15 bits per heavy atom. The number of hydrogen-bond acceptors (Lipinski definition) is 4. The highest BCUT2D eigenvalue weighted by Crippen LogP contribution is 2.26. The van der Waals surface area contributed by atoms with E-state index < -0.39 is 0 Å². The first kappa shape index (κ1) is 21.3. The fourth-order valence-electron chi connectivity index (χ4n) is 2.10. The van der Waals surface area contributed by atoms with Crippen LogP contribution in [0.3, 0.4) is 0 Å². The predicted octanol–water partition coefficient (Wildman–Crippen LogP) is 5.21. The predicted molar refractivity (Wildman–Crippen MR) is 106 cm³/mol. The number of hydrogen-bond donors (Lipinski definition) is 1. The lowest BCUT2D eigenvalue weighted by atomic mass is 10.1. The van der Waals surface area contributed by atoms with Gasteiger partial charge in [-0.3, -0.25) is 0 Å². The molecule has 1 aromatic rings. The van der Waals surface area contributed by atoms with Crippen molar-refractivity contribution in [3.05, 3.63) is 65.3 Å². The van der Waals surface area contributed by atoms with Crippen LogP contribution < -0.4 is 4.74 Å². The van der Waals surface area contributed by atoms with Crippen molar-refractivity contribution in [2.24, 2.45) is 0 Å². The van der Waals surface area contributed by atoms with Crippen LogP contribution in [0.15, 0.2) is 59.7 Å². The molecule has 0 aromatic heterocycles. The first-order valence-corrected chi connectivity index (χ1v) is 8.60. The highest BCUT2D eigenvalue weighted by atomic mass is 16.5. The molecule has 0 radical (unpaired) electrons. The van der Waals surface area contributed by atoms with Gasteiger partial charge in [-0.2, -0.15) is 0 Å². The van der Waals surface area contributed by atoms with Crippen LogP contribution in [-0.2, 0) is 9.53 Å². The second kappa shape index (κ2) is 11.7. The van der Waals surface area contributed by atoms with E-state index in [1.807, 2.05) is 13.0 Å². The van der Waals surface area contributed by atoms with Crippen LogP contribution >= 0.6 is 0 Å². The van der Waals surface area contributed by atoms with E-state index in [0.29, 0.717) is 5.75 Å². The molecule has 1 aromatic carbocycles. The molecule has 0 unspecified atom stereocenters. The molecule has 0 aliphatic carbocycles. The summed E-state index contributed by atoms with van der Waals surface area (Å²) < 4.78 is 10.2. The normalized spacial score (nSPS) is 11.8. The van der Waals surface area contributed by atoms with Gasteiger partial charge < -0.3 is 14.6 Å². The summed E-state index contributed by atoms with van der Waals surface area (Å²) in [6.07, 6.45) is 12.6. The van der Waals surface area contributed by atoms with Gasteiger partial charge in [0.15, 0.2) is 11.5 Å². The van der Waals surface area contributed by atoms with E-state index in [-0.39, 0.29) is 18.3 Å². The Bertz CT molecular complexity index is 705. The van der Waals surface area contributed by atoms with Crippen molar-refractivity contribution >= 4 is 12.0 Å². The average molecular weight is 356 g/mol. The van der Waals surface area contributed by atoms with E-state index in [2.05, 4.69) is 19.9 Å². The molecule has 4 nitrogen and oxygen atoms in total. The van der Waals surface area contributed by atoms with E-state index in [1.165, 1.54) is 24.3 Å². The maximum atomic E-state index is 11.6. The summed E-state index contributed by atoms with van der Waals surface area (Å²) in [5.74, 6) is 0.113. The third-order valence-corrected chi connectivity index (χ3v) is 3.58. The van der Waals surface area contributed by atoms with E-state index >= 15 is 0 Å². The van der Waals surface area contributed by atoms with Crippen LogP contribution in [0, 0.1) is 0 Å². The molecule has 0 fully saturated rings. The Balaban J connectivity index is 2.39. The Hall–Kier alpha value is -2.75. The quantitative estimate of drug-likeness (QED) is 0.286. The topological polar surface area (TPSA) is 55.8 Å². The molecule has 0 amide bonds. The molecule has 1 rings (SSSR count). The summed E-state index contributed by atoms with van der Waals surface area (Å²) in [5.41, 5.74) is 3.38. The summed E-state index contributed by atoms with van der Waals surface area (Å²) in [6, 6.07) is 5.02. The number of rotatable bonds is 9. The lowest BCUT2D eigenvalue weighted by molar-refractivity contribution is -0.136. The van der Waals surface area contributed by atoms with Gasteiger partial charge in [-0.05, 0) is 57.4 Å². The summed E-state index contributed by atoms with van der Waals surface area (Å²) in [6.45, 7) is 6.49. The molecular formula is C22H28O4. The van der Waals surface area contributed by atoms with Crippen LogP contribution in [0.2, 0.25) is 0 Å². The zero-order valence-corrected chi connectivity index (χ0v) is 16.0. The van der Waals surface area contributed by atoms with Gasteiger partial charge >= 0.3 is 5.97 Å². The van der Waals surface area contributed by atoms with Crippen LogP contribution in [0.1, 0.15) is 39.2 Å². The minimum atomic E-state index is -0.383. The molecule has 0 saturated heterocycles. The minimum Gasteiger partial charge on any atom is -0.504 e. The Kier molecular flexibility index (Phi) is 9.62. The number of aromatic hydroxyl groups is 1. The number of phenolic OH excluding ortho intramolecular Hbond substituents is 1. The Morgan fingerprint density at radius 2 is 1.92 bits per heavy atom. The van der Waals surface area contributed by atoms with Crippen LogP contribution in [0.25, 0.3) is 6.08 Å². The highest BCUT2D eigenvalue weighted by molar-refractivity contribution is 5.82. The maximum Gasteiger partial charge on any atom is 0.331 e. The van der Waals surface area contributed by atoms with Gasteiger partial charge in [-0.15, -0.1) is 0 Å². The van der Waals surface area contributed by atoms with Gasteiger partial charge in [0.25, 0.3) is 0 Å². The number of carbonyl (C=O) groups excluding carboxylic acids is 1. The lowest BCUT2D eigenvalue weighted by Crippen LogP contribution is -2.00. The Morgan fingerprint density at radius 3 is 2.62 bits per heavy atom. The average Bonchev–Trinajstić information content (AvgIpc) is 2.59. The minimum absolute atomic E-state index is 0.0907. The molecule has 4 heteroatoms. The number of carbonyl (C=O) groups is 1. The first-order chi connectivity index (χ1) is 12.4. The number of benzene rings is 1. The summed E-state index contributed by atoms with van der Waals surface area (Å²) >= 11 is 0. The van der Waals surface area contributed by atoms with Gasteiger partial charge in [0.1, 0.15) is 6.61 Å². The summed E-state index contributed by atoms with van der Waals surface area (Å²) in [5, 5.41) is 9.54. The molecule has 0 spiro atoms. The Labute approximate surface area is 156 Å². The third-order valence-electron chi connectivity index (χ3n) is 3.58. The first-order valence-electron chi connectivity index (χ1n) is 8.60. The zero-order valence-electron chi connectivity index (χ0n) is 16.0. The third kappa shape index (κ3) is 8.92. The van der Waals surface area contributed by atoms with Crippen molar-refractivity contribution < 1.29 is 19.4 Å². The molecule has 0 aliphatic rings. The highest BCUT2D eigenvalue weighted by Gasteiger charge is 2.00. The van der Waals surface area contributed by atoms with E-state index in [1.54, 1.807) is 36.4 Å². The van der Waals surface area contributed by atoms with Crippen LogP contribution in [0.4, 0.5) is 0 Å². The van der Waals surface area contributed by atoms with Crippen molar-refractivity contribution in [2.75, 3.05) is 13.7 Å². The fraction of sp³-hybridized carbons (Fsp3) is 0.318. The molecule has 0 saturated carbocycles. The van der Waals surface area contributed by atoms with Crippen molar-refractivity contribution in [3.8, 4) is 11.5 Å². The van der Waals surface area contributed by atoms with Gasteiger partial charge in [-0.25, -0.2) is 4.79 Å². The van der Waals surface area contributed by atoms with Crippen LogP contribution in [-0.4, -0.2) is 24.8 Å². The molecular weight excluding hydrogens is 328 g/mol. The van der Waals surface area contributed by atoms with E-state index in [9.17, 15) is 9.90 Å². The standard InChI is InChI=1S/C22H28O4/c1-17(2)8-7-9-18(3)14-15-26-22(24)11-6-5-10-19-12-13-20(23)21(16-19)25-4/h5-6,8,10-14,16,23H,7,9,15H2,1-4H3. The molecule has 140 valence electrons. The number of ether oxygens (including phenoxy) is 2. The monoisotopic (exact) mass is 356 g/mol. The number of esters is 1. The van der Waals surface area contributed by atoms with Gasteiger partial charge in [-0.1, -0.05) is 41.5 Å². The molecule has 0 atom stereocenters. The van der Waals surface area contributed by atoms with Gasteiger partial charge in [0.05, 0.1) is 7.11 Å². The summed E-state index contributed by atoms with van der Waals surface area (Å²) in [7, 11) is 1.50. The van der Waals surface area contributed by atoms with Crippen LogP contribution in [0.5, 0.6) is 11.5 Å². The smallest absolute Gasteiger partial charge is 0.331 e. The van der Waals surface area contributed by atoms with E-state index in [0.717, 1.165) is 18.4 Å². The SMILES string of the molecule is COc1cc(C=CC=CC(=O)OCC=C(C)CCC=C(C)C)ccc1O. The summed E-state index contributed by atoms with van der Waals surface area (Å²) in [4.78, 5) is 11.6.